The maximum absolute atomic E-state index is 12.6. The number of carbonyl (C=O) groups excluding carboxylic acids is 1. The highest BCUT2D eigenvalue weighted by molar-refractivity contribution is 7.85. The molecule has 1 aromatic rings. The van der Waals surface area contributed by atoms with E-state index in [0.29, 0.717) is 4.91 Å². The van der Waals surface area contributed by atoms with Gasteiger partial charge in [0.05, 0.1) is 6.04 Å². The van der Waals surface area contributed by atoms with E-state index in [9.17, 15) is 4.79 Å². The highest BCUT2D eigenvalue weighted by Crippen LogP contribution is 2.52. The molecule has 1 aliphatic heterocycles. The van der Waals surface area contributed by atoms with Crippen LogP contribution in [0.1, 0.15) is 57.7 Å². The summed E-state index contributed by atoms with van der Waals surface area (Å²) < 4.78 is 5.58. The van der Waals surface area contributed by atoms with Crippen LogP contribution in [0, 0.1) is 5.41 Å². The molecule has 0 radical (unpaired) electrons. The third-order valence-electron chi connectivity index (χ3n) is 5.87. The maximum atomic E-state index is 12.6. The summed E-state index contributed by atoms with van der Waals surface area (Å²) in [5.74, 6) is 0.937. The molecule has 1 N–H and O–H groups in total. The zero-order valence-electron chi connectivity index (χ0n) is 18.4. The lowest BCUT2D eigenvalue weighted by molar-refractivity contribution is 0.0375. The summed E-state index contributed by atoms with van der Waals surface area (Å²) in [6, 6.07) is 8.40. The number of nitrogens with one attached hydrogen (secondary N) is 1. The molecule has 0 unspecified atom stereocenters. The lowest BCUT2D eigenvalue weighted by Crippen LogP contribution is -2.47. The third-order valence-corrected chi connectivity index (χ3v) is 5.98. The predicted molar refractivity (Wildman–Crippen MR) is 126 cm³/mol. The first-order chi connectivity index (χ1) is 14.1. The van der Waals surface area contributed by atoms with E-state index in [4.69, 9.17) is 4.74 Å². The van der Waals surface area contributed by atoms with Crippen LogP contribution < -0.4 is 5.32 Å². The second-order valence-electron chi connectivity index (χ2n) is 9.20. The average molecular weight is 428 g/mol. The van der Waals surface area contributed by atoms with Gasteiger partial charge in [-0.05, 0) is 64.2 Å². The van der Waals surface area contributed by atoms with Crippen molar-refractivity contribution in [1.82, 2.24) is 10.2 Å². The second kappa shape index (κ2) is 8.88. The molecule has 1 heterocycles. The van der Waals surface area contributed by atoms with Crippen LogP contribution in [-0.2, 0) is 11.2 Å². The standard InChI is InChI=1S/C24H33N3O2S/c1-6-20(25-16-17(2)30)27-13-11-24(12-14-27)15-18-9-7-8-10-19(18)21(24)26-22(28)29-23(3,4)5/h6-10,16,21,30H,2,11-15H2,1,3-5H3,(H,26,28)/b20-6+,25-16-/t21-/m1/s1. The van der Waals surface area contributed by atoms with Gasteiger partial charge in [0.25, 0.3) is 0 Å². The van der Waals surface area contributed by atoms with Gasteiger partial charge in [0.15, 0.2) is 0 Å². The smallest absolute Gasteiger partial charge is 0.408 e. The van der Waals surface area contributed by atoms with E-state index < -0.39 is 5.60 Å². The first-order valence-corrected chi connectivity index (χ1v) is 11.0. The summed E-state index contributed by atoms with van der Waals surface area (Å²) in [6.07, 6.45) is 6.26. The summed E-state index contributed by atoms with van der Waals surface area (Å²) in [5, 5.41) is 3.20. The molecular weight excluding hydrogens is 394 g/mol. The third kappa shape index (κ3) is 5.09. The lowest BCUT2D eigenvalue weighted by atomic mass is 9.72. The number of amides is 1. The molecule has 1 aliphatic carbocycles. The van der Waals surface area contributed by atoms with Crippen LogP contribution in [0.3, 0.4) is 0 Å². The van der Waals surface area contributed by atoms with Crippen LogP contribution in [-0.4, -0.2) is 35.9 Å². The largest absolute Gasteiger partial charge is 0.444 e. The molecule has 1 saturated heterocycles. The van der Waals surface area contributed by atoms with E-state index in [1.807, 2.05) is 39.8 Å². The van der Waals surface area contributed by atoms with Gasteiger partial charge in [-0.3, -0.25) is 0 Å². The molecule has 5 nitrogen and oxygen atoms in total. The molecule has 162 valence electrons. The molecule has 30 heavy (non-hydrogen) atoms. The number of alkyl carbamates (subject to hydrolysis) is 1. The number of hydrogen-bond donors (Lipinski definition) is 2. The average Bonchev–Trinajstić information content (AvgIpc) is 2.95. The van der Waals surface area contributed by atoms with Crippen LogP contribution in [0.4, 0.5) is 4.79 Å². The highest BCUT2D eigenvalue weighted by Gasteiger charge is 2.48. The van der Waals surface area contributed by atoms with Gasteiger partial charge in [0.1, 0.15) is 11.4 Å². The number of carbonyl (C=O) groups is 1. The van der Waals surface area contributed by atoms with E-state index in [-0.39, 0.29) is 17.6 Å². The van der Waals surface area contributed by atoms with Crippen LogP contribution in [0.15, 0.2) is 52.6 Å². The number of piperidine rings is 1. The highest BCUT2D eigenvalue weighted by atomic mass is 32.1. The monoisotopic (exact) mass is 427 g/mol. The van der Waals surface area contributed by atoms with Crippen LogP contribution >= 0.6 is 12.6 Å². The number of aliphatic imine (C=N–C) groups is 1. The zero-order valence-corrected chi connectivity index (χ0v) is 19.3. The Morgan fingerprint density at radius 3 is 2.60 bits per heavy atom. The number of hydrogen-bond acceptors (Lipinski definition) is 5. The molecule has 2 aliphatic rings. The number of ether oxygens (including phenoxy) is 1. The van der Waals surface area contributed by atoms with E-state index in [1.165, 1.54) is 11.1 Å². The van der Waals surface area contributed by atoms with Crippen molar-refractivity contribution in [3.8, 4) is 0 Å². The molecule has 1 aromatic carbocycles. The predicted octanol–water partition coefficient (Wildman–Crippen LogP) is 5.27. The Hall–Kier alpha value is -2.21. The van der Waals surface area contributed by atoms with Crippen molar-refractivity contribution in [2.75, 3.05) is 13.1 Å². The molecule has 6 heteroatoms. The summed E-state index contributed by atoms with van der Waals surface area (Å²) in [6.45, 7) is 13.2. The number of rotatable bonds is 4. The van der Waals surface area contributed by atoms with Gasteiger partial charge in [-0.15, -0.1) is 12.6 Å². The van der Waals surface area contributed by atoms with Gasteiger partial charge < -0.3 is 15.0 Å². The zero-order chi connectivity index (χ0) is 21.9. The van der Waals surface area contributed by atoms with Crippen LogP contribution in [0.2, 0.25) is 0 Å². The van der Waals surface area contributed by atoms with Crippen molar-refractivity contribution in [1.29, 1.82) is 0 Å². The number of likely N-dealkylation sites (tertiary alicyclic amines) is 1. The normalized spacial score (nSPS) is 21.0. The Balaban J connectivity index is 1.79. The lowest BCUT2D eigenvalue weighted by Gasteiger charge is -2.44. The van der Waals surface area contributed by atoms with Gasteiger partial charge in [0.2, 0.25) is 0 Å². The minimum atomic E-state index is -0.519. The van der Waals surface area contributed by atoms with E-state index >= 15 is 0 Å². The molecule has 0 bridgehead atoms. The fourth-order valence-corrected chi connectivity index (χ4v) is 4.63. The molecule has 1 spiro atoms. The molecule has 1 amide bonds. The van der Waals surface area contributed by atoms with Gasteiger partial charge >= 0.3 is 6.09 Å². The Morgan fingerprint density at radius 1 is 1.33 bits per heavy atom. The van der Waals surface area contributed by atoms with Gasteiger partial charge in [-0.1, -0.05) is 30.8 Å². The molecule has 3 rings (SSSR count). The van der Waals surface area contributed by atoms with Crippen molar-refractivity contribution in [2.45, 2.75) is 58.6 Å². The Kier molecular flexibility index (Phi) is 6.65. The van der Waals surface area contributed by atoms with E-state index in [0.717, 1.165) is 38.2 Å². The Morgan fingerprint density at radius 2 is 2.00 bits per heavy atom. The number of allylic oxidation sites excluding steroid dienone is 2. The van der Waals surface area contributed by atoms with Crippen LogP contribution in [0.25, 0.3) is 0 Å². The summed E-state index contributed by atoms with van der Waals surface area (Å²) in [5.41, 5.74) is 2.01. The maximum Gasteiger partial charge on any atom is 0.408 e. The topological polar surface area (TPSA) is 53.9 Å². The minimum Gasteiger partial charge on any atom is -0.444 e. The van der Waals surface area contributed by atoms with Crippen LogP contribution in [0.5, 0.6) is 0 Å². The first-order valence-electron chi connectivity index (χ1n) is 10.5. The quantitative estimate of drug-likeness (QED) is 0.509. The van der Waals surface area contributed by atoms with Gasteiger partial charge in [-0.2, -0.15) is 0 Å². The number of benzene rings is 1. The molecule has 1 fully saturated rings. The fourth-order valence-electron chi connectivity index (χ4n) is 4.57. The molecular formula is C24H33N3O2S. The van der Waals surface area contributed by atoms with Crippen molar-refractivity contribution < 1.29 is 9.53 Å². The SMILES string of the molecule is C=C(S)/C=N\C(=C/C)N1CCC2(CC1)Cc1ccccc1[C@H]2NC(=O)OC(C)(C)C. The summed E-state index contributed by atoms with van der Waals surface area (Å²) in [4.78, 5) is 20.1. The fraction of sp³-hybridized carbons (Fsp3) is 0.500. The minimum absolute atomic E-state index is 0.00714. The van der Waals surface area contributed by atoms with Crippen molar-refractivity contribution in [2.24, 2.45) is 10.4 Å². The number of nitrogens with zero attached hydrogens (tertiary/aromatic N) is 2. The number of thiol groups is 1. The second-order valence-corrected chi connectivity index (χ2v) is 9.78. The summed E-state index contributed by atoms with van der Waals surface area (Å²) >= 11 is 4.20. The van der Waals surface area contributed by atoms with Gasteiger partial charge in [-0.25, -0.2) is 9.79 Å². The van der Waals surface area contributed by atoms with E-state index in [2.05, 4.69) is 52.6 Å². The Bertz CT molecular complexity index is 861. The van der Waals surface area contributed by atoms with Crippen molar-refractivity contribution >= 4 is 24.9 Å². The van der Waals surface area contributed by atoms with Gasteiger partial charge in [0, 0.05) is 29.6 Å². The first kappa shape index (κ1) is 22.5. The Labute approximate surface area is 185 Å². The molecule has 0 aromatic heterocycles. The number of fused-ring (bicyclic) bond motifs is 1. The molecule has 0 saturated carbocycles. The van der Waals surface area contributed by atoms with Crippen molar-refractivity contribution in [3.05, 3.63) is 58.8 Å². The van der Waals surface area contributed by atoms with Crippen molar-refractivity contribution in [3.63, 3.8) is 0 Å². The molecule has 1 atom stereocenters. The summed E-state index contributed by atoms with van der Waals surface area (Å²) in [7, 11) is 0. The van der Waals surface area contributed by atoms with E-state index in [1.54, 1.807) is 6.21 Å².